The average Bonchev–Trinajstić information content (AvgIpc) is 3.00. The molecule has 3 aromatic rings. The van der Waals surface area contributed by atoms with Gasteiger partial charge in [-0.3, -0.25) is 19.7 Å². The van der Waals surface area contributed by atoms with Crippen molar-refractivity contribution < 1.29 is 38.1 Å². The zero-order chi connectivity index (χ0) is 32.5. The number of halogens is 1. The summed E-state index contributed by atoms with van der Waals surface area (Å²) in [7, 11) is 0. The van der Waals surface area contributed by atoms with Gasteiger partial charge in [0.1, 0.15) is 5.57 Å². The molecule has 1 heterocycles. The molecule has 1 aliphatic heterocycles. The summed E-state index contributed by atoms with van der Waals surface area (Å²) in [5.74, 6) is -0.670. The van der Waals surface area contributed by atoms with Crippen LogP contribution in [0.4, 0.5) is 16.2 Å². The summed E-state index contributed by atoms with van der Waals surface area (Å²) < 4.78 is 22.8. The number of urea groups is 1. The lowest BCUT2D eigenvalue weighted by molar-refractivity contribution is -0.122. The van der Waals surface area contributed by atoms with Gasteiger partial charge < -0.3 is 24.3 Å². The van der Waals surface area contributed by atoms with Gasteiger partial charge in [-0.15, -0.1) is 0 Å². The van der Waals surface area contributed by atoms with E-state index in [0.717, 1.165) is 16.9 Å². The maximum absolute atomic E-state index is 13.5. The van der Waals surface area contributed by atoms with Crippen molar-refractivity contribution in [1.82, 2.24) is 5.32 Å². The molecular formula is C33H34ClN3O8. The molecule has 236 valence electrons. The molecule has 2 N–H and O–H groups in total. The van der Waals surface area contributed by atoms with Crippen LogP contribution in [0.2, 0.25) is 5.02 Å². The lowest BCUT2D eigenvalue weighted by Crippen LogP contribution is -2.54. The largest absolute Gasteiger partial charge is 0.490 e. The number of nitrogens with one attached hydrogen (secondary N) is 2. The number of rotatable bonds is 13. The standard InChI is InChI=1S/C33H34ClN3O8/c1-5-14-44-26-13-11-23(18-29(26)43-7-3)37-32(40)24(31(39)36-33(37)41)15-21-9-12-27(28(16-21)42-6-2)45-19-30(38)35-22-10-8-20(4)25(34)17-22/h8-13,15-18H,5-7,14,19H2,1-4H3,(H,35,38)(H,36,39,41)/b24-15+. The van der Waals surface area contributed by atoms with Crippen molar-refractivity contribution in [1.29, 1.82) is 0 Å². The number of ether oxygens (including phenoxy) is 4. The number of hydrogen-bond donors (Lipinski definition) is 2. The van der Waals surface area contributed by atoms with Crippen LogP contribution < -0.4 is 34.5 Å². The number of imide groups is 2. The molecule has 5 amide bonds. The summed E-state index contributed by atoms with van der Waals surface area (Å²) in [6.45, 7) is 8.19. The molecule has 0 aliphatic carbocycles. The second-order valence-corrected chi connectivity index (χ2v) is 10.2. The number of anilines is 2. The van der Waals surface area contributed by atoms with Crippen molar-refractivity contribution in [2.75, 3.05) is 36.6 Å². The van der Waals surface area contributed by atoms with Crippen molar-refractivity contribution >= 4 is 52.8 Å². The zero-order valence-corrected chi connectivity index (χ0v) is 26.2. The Kier molecular flexibility index (Phi) is 11.0. The van der Waals surface area contributed by atoms with E-state index in [4.69, 9.17) is 30.5 Å². The minimum absolute atomic E-state index is 0.202. The van der Waals surface area contributed by atoms with Crippen molar-refractivity contribution in [3.63, 3.8) is 0 Å². The molecule has 0 unspecified atom stereocenters. The van der Waals surface area contributed by atoms with Crippen LogP contribution >= 0.6 is 11.6 Å². The second kappa shape index (κ2) is 15.1. The monoisotopic (exact) mass is 635 g/mol. The molecule has 45 heavy (non-hydrogen) atoms. The fourth-order valence-electron chi connectivity index (χ4n) is 4.31. The number of hydrogen-bond acceptors (Lipinski definition) is 8. The Labute approximate surface area is 266 Å². The summed E-state index contributed by atoms with van der Waals surface area (Å²) in [5, 5.41) is 5.47. The summed E-state index contributed by atoms with van der Waals surface area (Å²) in [4.78, 5) is 52.4. The molecule has 0 bridgehead atoms. The fraction of sp³-hybridized carbons (Fsp3) is 0.273. The smallest absolute Gasteiger partial charge is 0.335 e. The first-order valence-electron chi connectivity index (χ1n) is 14.4. The van der Waals surface area contributed by atoms with Crippen molar-refractivity contribution in [3.8, 4) is 23.0 Å². The Morgan fingerprint density at radius 2 is 1.56 bits per heavy atom. The van der Waals surface area contributed by atoms with E-state index in [-0.39, 0.29) is 30.2 Å². The number of benzene rings is 3. The third kappa shape index (κ3) is 8.12. The van der Waals surface area contributed by atoms with E-state index in [1.807, 2.05) is 13.8 Å². The molecule has 4 rings (SSSR count). The Hall–Kier alpha value is -5.03. The third-order valence-corrected chi connectivity index (χ3v) is 6.85. The highest BCUT2D eigenvalue weighted by molar-refractivity contribution is 6.39. The number of barbiturate groups is 1. The summed E-state index contributed by atoms with van der Waals surface area (Å²) in [6.07, 6.45) is 2.13. The van der Waals surface area contributed by atoms with Crippen molar-refractivity contribution in [2.24, 2.45) is 0 Å². The highest BCUT2D eigenvalue weighted by atomic mass is 35.5. The quantitative estimate of drug-likeness (QED) is 0.175. The van der Waals surface area contributed by atoms with Gasteiger partial charge in [0.15, 0.2) is 29.6 Å². The Balaban J connectivity index is 1.54. The first-order valence-corrected chi connectivity index (χ1v) is 14.8. The zero-order valence-electron chi connectivity index (χ0n) is 25.4. The molecule has 1 saturated heterocycles. The van der Waals surface area contributed by atoms with Gasteiger partial charge in [0.25, 0.3) is 17.7 Å². The van der Waals surface area contributed by atoms with Crippen LogP contribution in [0.5, 0.6) is 23.0 Å². The highest BCUT2D eigenvalue weighted by Gasteiger charge is 2.37. The van der Waals surface area contributed by atoms with Crippen LogP contribution in [0.25, 0.3) is 6.08 Å². The van der Waals surface area contributed by atoms with E-state index in [1.165, 1.54) is 12.1 Å². The van der Waals surface area contributed by atoms with E-state index in [1.54, 1.807) is 62.4 Å². The van der Waals surface area contributed by atoms with E-state index in [9.17, 15) is 19.2 Å². The maximum atomic E-state index is 13.5. The van der Waals surface area contributed by atoms with Crippen LogP contribution in [0.15, 0.2) is 60.2 Å². The van der Waals surface area contributed by atoms with Gasteiger partial charge in [-0.1, -0.05) is 30.7 Å². The van der Waals surface area contributed by atoms with Crippen molar-refractivity contribution in [2.45, 2.75) is 34.1 Å². The number of nitrogens with zero attached hydrogens (tertiary/aromatic N) is 1. The van der Waals surface area contributed by atoms with Crippen LogP contribution in [0.1, 0.15) is 38.3 Å². The van der Waals surface area contributed by atoms with E-state index in [2.05, 4.69) is 10.6 Å². The summed E-state index contributed by atoms with van der Waals surface area (Å²) in [6, 6.07) is 13.7. The fourth-order valence-corrected chi connectivity index (χ4v) is 4.49. The van der Waals surface area contributed by atoms with Gasteiger partial charge in [0.05, 0.1) is 25.5 Å². The van der Waals surface area contributed by atoms with Gasteiger partial charge in [-0.05, 0) is 80.8 Å². The van der Waals surface area contributed by atoms with Crippen LogP contribution in [0.3, 0.4) is 0 Å². The number of aryl methyl sites for hydroxylation is 1. The molecule has 0 saturated carbocycles. The normalized spacial score (nSPS) is 13.8. The lowest BCUT2D eigenvalue weighted by Gasteiger charge is -2.27. The van der Waals surface area contributed by atoms with Crippen LogP contribution in [-0.2, 0) is 14.4 Å². The Morgan fingerprint density at radius 1 is 0.867 bits per heavy atom. The summed E-state index contributed by atoms with van der Waals surface area (Å²) in [5.41, 5.74) is 1.77. The predicted octanol–water partition coefficient (Wildman–Crippen LogP) is 5.92. The third-order valence-electron chi connectivity index (χ3n) is 6.44. The molecule has 11 nitrogen and oxygen atoms in total. The molecule has 0 spiro atoms. The molecule has 12 heteroatoms. The molecule has 0 aromatic heterocycles. The van der Waals surface area contributed by atoms with Crippen molar-refractivity contribution in [3.05, 3.63) is 76.3 Å². The number of carbonyl (C=O) groups is 4. The van der Waals surface area contributed by atoms with Crippen LogP contribution in [-0.4, -0.2) is 50.2 Å². The van der Waals surface area contributed by atoms with Gasteiger partial charge in [0.2, 0.25) is 0 Å². The van der Waals surface area contributed by atoms with Gasteiger partial charge in [-0.25, -0.2) is 9.69 Å². The molecule has 3 aromatic carbocycles. The number of carbonyl (C=O) groups excluding carboxylic acids is 4. The second-order valence-electron chi connectivity index (χ2n) is 9.81. The van der Waals surface area contributed by atoms with Gasteiger partial charge in [-0.2, -0.15) is 0 Å². The lowest BCUT2D eigenvalue weighted by atomic mass is 10.1. The molecule has 0 radical (unpaired) electrons. The van der Waals surface area contributed by atoms with E-state index < -0.39 is 23.8 Å². The van der Waals surface area contributed by atoms with E-state index in [0.29, 0.717) is 46.7 Å². The minimum atomic E-state index is -0.892. The topological polar surface area (TPSA) is 132 Å². The Morgan fingerprint density at radius 3 is 2.24 bits per heavy atom. The first-order chi connectivity index (χ1) is 21.6. The first kappa shape index (κ1) is 32.9. The maximum Gasteiger partial charge on any atom is 0.335 e. The minimum Gasteiger partial charge on any atom is -0.490 e. The number of amides is 5. The summed E-state index contributed by atoms with van der Waals surface area (Å²) >= 11 is 6.13. The van der Waals surface area contributed by atoms with Gasteiger partial charge >= 0.3 is 6.03 Å². The highest BCUT2D eigenvalue weighted by Crippen LogP contribution is 2.34. The predicted molar refractivity (Wildman–Crippen MR) is 170 cm³/mol. The van der Waals surface area contributed by atoms with E-state index >= 15 is 0 Å². The molecule has 1 fully saturated rings. The molecular weight excluding hydrogens is 602 g/mol. The average molecular weight is 636 g/mol. The Bertz CT molecular complexity index is 1640. The SMILES string of the molecule is CCCOc1ccc(N2C(=O)NC(=O)/C(=C\c3ccc(OCC(=O)Nc4ccc(C)c(Cl)c4)c(OCC)c3)C2=O)cc1OCC. The molecule has 0 atom stereocenters. The van der Waals surface area contributed by atoms with Crippen LogP contribution in [0, 0.1) is 6.92 Å². The van der Waals surface area contributed by atoms with Gasteiger partial charge in [0, 0.05) is 16.8 Å². The molecule has 1 aliphatic rings.